The Hall–Kier alpha value is -3.67. The Balaban J connectivity index is 1.46. The molecule has 0 spiro atoms. The minimum absolute atomic E-state index is 0.0399. The summed E-state index contributed by atoms with van der Waals surface area (Å²) in [5, 5.41) is 7.59. The summed E-state index contributed by atoms with van der Waals surface area (Å²) in [5.41, 5.74) is 1.91. The van der Waals surface area contributed by atoms with Crippen LogP contribution in [0, 0.1) is 5.92 Å². The molecule has 1 aliphatic rings. The first-order chi connectivity index (χ1) is 15.0. The molecular weight excluding hydrogens is 390 g/mol. The van der Waals surface area contributed by atoms with Crippen molar-refractivity contribution in [2.24, 2.45) is 5.92 Å². The van der Waals surface area contributed by atoms with E-state index in [0.29, 0.717) is 30.0 Å². The van der Waals surface area contributed by atoms with Crippen LogP contribution in [0.2, 0.25) is 0 Å². The maximum atomic E-state index is 13.2. The molecule has 1 fully saturated rings. The number of anilines is 2. The Labute approximate surface area is 181 Å². The summed E-state index contributed by atoms with van der Waals surface area (Å²) in [7, 11) is 0. The van der Waals surface area contributed by atoms with E-state index >= 15 is 0 Å². The maximum absolute atomic E-state index is 13.2. The highest BCUT2D eigenvalue weighted by Gasteiger charge is 2.29. The molecule has 0 aliphatic carbocycles. The first-order valence-electron chi connectivity index (χ1n) is 10.5. The summed E-state index contributed by atoms with van der Waals surface area (Å²) < 4.78 is 0. The zero-order valence-corrected chi connectivity index (χ0v) is 17.4. The zero-order valence-electron chi connectivity index (χ0n) is 17.4. The zero-order chi connectivity index (χ0) is 21.8. The number of benzene rings is 3. The van der Waals surface area contributed by atoms with Gasteiger partial charge < -0.3 is 15.5 Å². The highest BCUT2D eigenvalue weighted by atomic mass is 16.2. The molecule has 1 saturated heterocycles. The Kier molecular flexibility index (Phi) is 5.98. The Morgan fingerprint density at radius 1 is 0.903 bits per heavy atom. The molecule has 6 heteroatoms. The molecule has 1 atom stereocenters. The van der Waals surface area contributed by atoms with E-state index in [1.54, 1.807) is 29.2 Å². The van der Waals surface area contributed by atoms with Gasteiger partial charge in [-0.05, 0) is 47.9 Å². The van der Waals surface area contributed by atoms with Crippen LogP contribution in [0.5, 0.6) is 0 Å². The van der Waals surface area contributed by atoms with Crippen LogP contribution in [-0.4, -0.2) is 35.7 Å². The van der Waals surface area contributed by atoms with E-state index in [4.69, 9.17) is 0 Å². The van der Waals surface area contributed by atoms with Gasteiger partial charge in [-0.1, -0.05) is 42.5 Å². The molecule has 0 aromatic heterocycles. The molecule has 0 saturated carbocycles. The minimum atomic E-state index is -0.280. The maximum Gasteiger partial charge on any atom is 0.254 e. The molecule has 6 nitrogen and oxygen atoms in total. The predicted molar refractivity (Wildman–Crippen MR) is 122 cm³/mol. The second-order valence-corrected chi connectivity index (χ2v) is 7.87. The molecule has 3 amide bonds. The number of piperidine rings is 1. The molecular formula is C25H25N3O3. The van der Waals surface area contributed by atoms with Gasteiger partial charge in [0.15, 0.2) is 0 Å². The fourth-order valence-electron chi connectivity index (χ4n) is 4.08. The minimum Gasteiger partial charge on any atom is -0.338 e. The number of hydrogen-bond donors (Lipinski definition) is 2. The number of amides is 3. The number of carbonyl (C=O) groups is 3. The fraction of sp³-hybridized carbons (Fsp3) is 0.240. The summed E-state index contributed by atoms with van der Waals surface area (Å²) >= 11 is 0. The lowest BCUT2D eigenvalue weighted by Gasteiger charge is -2.32. The van der Waals surface area contributed by atoms with Gasteiger partial charge in [0.25, 0.3) is 5.91 Å². The largest absolute Gasteiger partial charge is 0.338 e. The number of nitrogens with zero attached hydrogens (tertiary/aromatic N) is 1. The topological polar surface area (TPSA) is 78.5 Å². The SMILES string of the molecule is CC(=O)Nc1cccc(NC(=O)C2CCCN(C(=O)c3cccc4ccccc34)C2)c1. The molecule has 3 aromatic rings. The van der Waals surface area contributed by atoms with Gasteiger partial charge in [0.1, 0.15) is 0 Å². The van der Waals surface area contributed by atoms with Crippen molar-refractivity contribution >= 4 is 39.9 Å². The van der Waals surface area contributed by atoms with Crippen molar-refractivity contribution in [3.63, 3.8) is 0 Å². The van der Waals surface area contributed by atoms with Crippen LogP contribution in [-0.2, 0) is 9.59 Å². The van der Waals surface area contributed by atoms with Gasteiger partial charge in [-0.3, -0.25) is 14.4 Å². The molecule has 3 aromatic carbocycles. The number of nitrogens with one attached hydrogen (secondary N) is 2. The van der Waals surface area contributed by atoms with Gasteiger partial charge in [0, 0.05) is 37.0 Å². The van der Waals surface area contributed by atoms with Crippen molar-refractivity contribution in [1.29, 1.82) is 0 Å². The Morgan fingerprint density at radius 3 is 2.42 bits per heavy atom. The van der Waals surface area contributed by atoms with Gasteiger partial charge in [0.05, 0.1) is 5.92 Å². The van der Waals surface area contributed by atoms with Crippen molar-refractivity contribution in [2.75, 3.05) is 23.7 Å². The summed E-state index contributed by atoms with van der Waals surface area (Å²) in [6, 6.07) is 20.6. The monoisotopic (exact) mass is 415 g/mol. The molecule has 1 unspecified atom stereocenters. The fourth-order valence-corrected chi connectivity index (χ4v) is 4.08. The molecule has 0 radical (unpaired) electrons. The third kappa shape index (κ3) is 4.74. The molecule has 158 valence electrons. The highest BCUT2D eigenvalue weighted by molar-refractivity contribution is 6.07. The van der Waals surface area contributed by atoms with Crippen molar-refractivity contribution in [3.05, 3.63) is 72.3 Å². The van der Waals surface area contributed by atoms with E-state index in [0.717, 1.165) is 23.6 Å². The lowest BCUT2D eigenvalue weighted by molar-refractivity contribution is -0.121. The molecule has 0 bridgehead atoms. The molecule has 31 heavy (non-hydrogen) atoms. The van der Waals surface area contributed by atoms with Crippen LogP contribution in [0.3, 0.4) is 0 Å². The van der Waals surface area contributed by atoms with Gasteiger partial charge in [-0.25, -0.2) is 0 Å². The first kappa shape index (κ1) is 20.6. The van der Waals surface area contributed by atoms with Gasteiger partial charge in [-0.15, -0.1) is 0 Å². The van der Waals surface area contributed by atoms with Crippen LogP contribution in [0.1, 0.15) is 30.1 Å². The van der Waals surface area contributed by atoms with Crippen LogP contribution >= 0.6 is 0 Å². The van der Waals surface area contributed by atoms with Crippen molar-refractivity contribution in [2.45, 2.75) is 19.8 Å². The molecule has 2 N–H and O–H groups in total. The lowest BCUT2D eigenvalue weighted by atomic mass is 9.95. The van der Waals surface area contributed by atoms with Crippen LogP contribution in [0.4, 0.5) is 11.4 Å². The summed E-state index contributed by atoms with van der Waals surface area (Å²) in [5.74, 6) is -0.604. The van der Waals surface area contributed by atoms with Crippen molar-refractivity contribution in [3.8, 4) is 0 Å². The van der Waals surface area contributed by atoms with Crippen molar-refractivity contribution in [1.82, 2.24) is 4.90 Å². The van der Waals surface area contributed by atoms with E-state index in [9.17, 15) is 14.4 Å². The molecule has 4 rings (SSSR count). The summed E-state index contributed by atoms with van der Waals surface area (Å²) in [4.78, 5) is 39.2. The molecule has 1 heterocycles. The number of fused-ring (bicyclic) bond motifs is 1. The van der Waals surface area contributed by atoms with Crippen molar-refractivity contribution < 1.29 is 14.4 Å². The van der Waals surface area contributed by atoms with E-state index in [1.807, 2.05) is 42.5 Å². The average molecular weight is 415 g/mol. The van der Waals surface area contributed by atoms with Crippen LogP contribution in [0.25, 0.3) is 10.8 Å². The average Bonchev–Trinajstić information content (AvgIpc) is 2.78. The van der Waals surface area contributed by atoms with E-state index in [-0.39, 0.29) is 23.6 Å². The number of carbonyl (C=O) groups excluding carboxylic acids is 3. The smallest absolute Gasteiger partial charge is 0.254 e. The Morgan fingerprint density at radius 2 is 1.61 bits per heavy atom. The third-order valence-corrected chi connectivity index (χ3v) is 5.55. The number of hydrogen-bond acceptors (Lipinski definition) is 3. The van der Waals surface area contributed by atoms with Gasteiger partial charge >= 0.3 is 0 Å². The highest BCUT2D eigenvalue weighted by Crippen LogP contribution is 2.25. The standard InChI is InChI=1S/C25H25N3O3/c1-17(29)26-20-10-5-11-21(15-20)27-24(30)19-9-6-14-28(16-19)25(31)23-13-4-8-18-7-2-3-12-22(18)23/h2-5,7-8,10-13,15,19H,6,9,14,16H2,1H3,(H,26,29)(H,27,30). The summed E-state index contributed by atoms with van der Waals surface area (Å²) in [6.07, 6.45) is 1.51. The van der Waals surface area contributed by atoms with E-state index in [1.165, 1.54) is 6.92 Å². The number of rotatable bonds is 4. The van der Waals surface area contributed by atoms with Gasteiger partial charge in [-0.2, -0.15) is 0 Å². The molecule has 1 aliphatic heterocycles. The quantitative estimate of drug-likeness (QED) is 0.667. The Bertz CT molecular complexity index is 1140. The van der Waals surface area contributed by atoms with Gasteiger partial charge in [0.2, 0.25) is 11.8 Å². The predicted octanol–water partition coefficient (Wildman–Crippen LogP) is 4.29. The van der Waals surface area contributed by atoms with E-state index < -0.39 is 0 Å². The lowest BCUT2D eigenvalue weighted by Crippen LogP contribution is -2.43. The first-order valence-corrected chi connectivity index (χ1v) is 10.5. The van der Waals surface area contributed by atoms with Crippen LogP contribution in [0.15, 0.2) is 66.7 Å². The summed E-state index contributed by atoms with van der Waals surface area (Å²) in [6.45, 7) is 2.47. The third-order valence-electron chi connectivity index (χ3n) is 5.55. The van der Waals surface area contributed by atoms with Crippen LogP contribution < -0.4 is 10.6 Å². The second-order valence-electron chi connectivity index (χ2n) is 7.87. The number of likely N-dealkylation sites (tertiary alicyclic amines) is 1. The normalized spacial score (nSPS) is 16.0. The van der Waals surface area contributed by atoms with E-state index in [2.05, 4.69) is 10.6 Å². The second kappa shape index (κ2) is 9.00.